The lowest BCUT2D eigenvalue weighted by Gasteiger charge is -2.22. The minimum Gasteiger partial charge on any atom is -0.389 e. The molecule has 18 heavy (non-hydrogen) atoms. The molecule has 0 unspecified atom stereocenters. The zero-order chi connectivity index (χ0) is 12.4. The van der Waals surface area contributed by atoms with Gasteiger partial charge >= 0.3 is 0 Å². The van der Waals surface area contributed by atoms with E-state index < -0.39 is 5.60 Å². The number of para-hydroxylation sites is 1. The molecule has 1 aliphatic rings. The number of hydrogen-bond donors (Lipinski definition) is 3. The molecule has 1 fully saturated rings. The van der Waals surface area contributed by atoms with E-state index in [1.54, 1.807) is 0 Å². The third kappa shape index (κ3) is 2.28. The molecule has 2 aromatic rings. The maximum atomic E-state index is 10.3. The lowest BCUT2D eigenvalue weighted by atomic mass is 10.0. The summed E-state index contributed by atoms with van der Waals surface area (Å²) in [6, 6.07) is 8.32. The number of aromatic nitrogens is 1. The van der Waals surface area contributed by atoms with Crippen LogP contribution in [0.5, 0.6) is 0 Å². The lowest BCUT2D eigenvalue weighted by molar-refractivity contribution is 0.0475. The second-order valence-corrected chi connectivity index (χ2v) is 5.39. The molecular formula is C15H20N2O. The van der Waals surface area contributed by atoms with Gasteiger partial charge in [0.05, 0.1) is 5.60 Å². The summed E-state index contributed by atoms with van der Waals surface area (Å²) >= 11 is 0. The van der Waals surface area contributed by atoms with Crippen molar-refractivity contribution in [3.8, 4) is 0 Å². The second-order valence-electron chi connectivity index (χ2n) is 5.39. The van der Waals surface area contributed by atoms with E-state index in [2.05, 4.69) is 34.7 Å². The summed E-state index contributed by atoms with van der Waals surface area (Å²) in [7, 11) is 0. The number of fused-ring (bicyclic) bond motifs is 1. The fourth-order valence-electron chi connectivity index (χ4n) is 2.92. The van der Waals surface area contributed by atoms with Crippen molar-refractivity contribution >= 4 is 10.9 Å². The van der Waals surface area contributed by atoms with Gasteiger partial charge in [-0.3, -0.25) is 0 Å². The molecule has 1 saturated carbocycles. The van der Waals surface area contributed by atoms with Crippen molar-refractivity contribution < 1.29 is 5.11 Å². The van der Waals surface area contributed by atoms with Crippen molar-refractivity contribution in [2.75, 3.05) is 6.54 Å². The van der Waals surface area contributed by atoms with Gasteiger partial charge in [0.15, 0.2) is 0 Å². The van der Waals surface area contributed by atoms with Gasteiger partial charge in [-0.2, -0.15) is 0 Å². The standard InChI is InChI=1S/C15H20N2O/c18-15(7-3-4-8-15)11-16-9-12-10-17-14-6-2-1-5-13(12)14/h1-2,5-6,10,16-18H,3-4,7-9,11H2. The first-order chi connectivity index (χ1) is 8.77. The molecule has 3 rings (SSSR count). The van der Waals surface area contributed by atoms with Gasteiger partial charge in [-0.15, -0.1) is 0 Å². The smallest absolute Gasteiger partial charge is 0.0771 e. The Morgan fingerprint density at radius 2 is 2.00 bits per heavy atom. The molecule has 1 aromatic carbocycles. The van der Waals surface area contributed by atoms with Gasteiger partial charge in [0, 0.05) is 30.2 Å². The van der Waals surface area contributed by atoms with Crippen LogP contribution >= 0.6 is 0 Å². The summed E-state index contributed by atoms with van der Waals surface area (Å²) in [4.78, 5) is 3.27. The van der Waals surface area contributed by atoms with Crippen molar-refractivity contribution in [1.29, 1.82) is 0 Å². The molecule has 0 saturated heterocycles. The van der Waals surface area contributed by atoms with E-state index in [0.29, 0.717) is 6.54 Å². The SMILES string of the molecule is OC1(CNCc2c[nH]c3ccccc23)CCCC1. The fraction of sp³-hybridized carbons (Fsp3) is 0.467. The summed E-state index contributed by atoms with van der Waals surface area (Å²) in [5.41, 5.74) is 1.98. The minimum absolute atomic E-state index is 0.466. The highest BCUT2D eigenvalue weighted by Gasteiger charge is 2.30. The van der Waals surface area contributed by atoms with Crippen molar-refractivity contribution in [2.45, 2.75) is 37.8 Å². The van der Waals surface area contributed by atoms with Gasteiger partial charge in [0.25, 0.3) is 0 Å². The topological polar surface area (TPSA) is 48.0 Å². The summed E-state index contributed by atoms with van der Waals surface area (Å²) < 4.78 is 0. The maximum Gasteiger partial charge on any atom is 0.0771 e. The zero-order valence-corrected chi connectivity index (χ0v) is 10.6. The quantitative estimate of drug-likeness (QED) is 0.774. The number of aliphatic hydroxyl groups is 1. The molecule has 1 heterocycles. The van der Waals surface area contributed by atoms with E-state index in [4.69, 9.17) is 0 Å². The molecule has 3 heteroatoms. The molecular weight excluding hydrogens is 224 g/mol. The molecule has 3 N–H and O–H groups in total. The number of nitrogens with one attached hydrogen (secondary N) is 2. The molecule has 0 amide bonds. The van der Waals surface area contributed by atoms with Gasteiger partial charge in [-0.1, -0.05) is 31.0 Å². The van der Waals surface area contributed by atoms with Crippen LogP contribution in [0.1, 0.15) is 31.2 Å². The number of hydrogen-bond acceptors (Lipinski definition) is 2. The van der Waals surface area contributed by atoms with E-state index in [9.17, 15) is 5.11 Å². The Morgan fingerprint density at radius 3 is 2.83 bits per heavy atom. The Morgan fingerprint density at radius 1 is 1.22 bits per heavy atom. The summed E-state index contributed by atoms with van der Waals surface area (Å²) in [5, 5.41) is 14.9. The van der Waals surface area contributed by atoms with E-state index in [0.717, 1.165) is 32.2 Å². The number of benzene rings is 1. The predicted molar refractivity (Wildman–Crippen MR) is 73.4 cm³/mol. The third-order valence-corrected chi connectivity index (χ3v) is 3.98. The Labute approximate surface area is 107 Å². The highest BCUT2D eigenvalue weighted by Crippen LogP contribution is 2.28. The lowest BCUT2D eigenvalue weighted by Crippen LogP contribution is -2.37. The Balaban J connectivity index is 1.63. The van der Waals surface area contributed by atoms with Gasteiger partial charge in [-0.05, 0) is 24.5 Å². The van der Waals surface area contributed by atoms with Gasteiger partial charge in [-0.25, -0.2) is 0 Å². The number of H-pyrrole nitrogens is 1. The van der Waals surface area contributed by atoms with E-state index >= 15 is 0 Å². The fourth-order valence-corrected chi connectivity index (χ4v) is 2.92. The van der Waals surface area contributed by atoms with Crippen LogP contribution < -0.4 is 5.32 Å². The van der Waals surface area contributed by atoms with Crippen LogP contribution in [-0.2, 0) is 6.54 Å². The zero-order valence-electron chi connectivity index (χ0n) is 10.6. The summed E-state index contributed by atoms with van der Waals surface area (Å²) in [5.74, 6) is 0. The first kappa shape index (κ1) is 11.8. The highest BCUT2D eigenvalue weighted by molar-refractivity contribution is 5.82. The van der Waals surface area contributed by atoms with E-state index in [1.807, 2.05) is 6.07 Å². The number of rotatable bonds is 4. The molecule has 1 aliphatic carbocycles. The maximum absolute atomic E-state index is 10.3. The molecule has 0 radical (unpaired) electrons. The molecule has 0 atom stereocenters. The van der Waals surface area contributed by atoms with Crippen molar-refractivity contribution in [3.05, 3.63) is 36.0 Å². The predicted octanol–water partition coefficient (Wildman–Crippen LogP) is 2.56. The van der Waals surface area contributed by atoms with Crippen LogP contribution in [0.3, 0.4) is 0 Å². The van der Waals surface area contributed by atoms with Crippen molar-refractivity contribution in [2.24, 2.45) is 0 Å². The molecule has 0 spiro atoms. The van der Waals surface area contributed by atoms with Crippen LogP contribution in [0, 0.1) is 0 Å². The normalized spacial score (nSPS) is 18.5. The molecule has 96 valence electrons. The average molecular weight is 244 g/mol. The Kier molecular flexibility index (Phi) is 3.10. The monoisotopic (exact) mass is 244 g/mol. The second kappa shape index (κ2) is 4.75. The summed E-state index contributed by atoms with van der Waals surface area (Å²) in [6.45, 7) is 1.51. The largest absolute Gasteiger partial charge is 0.389 e. The Hall–Kier alpha value is -1.32. The first-order valence-corrected chi connectivity index (χ1v) is 6.75. The van der Waals surface area contributed by atoms with Crippen molar-refractivity contribution in [3.63, 3.8) is 0 Å². The first-order valence-electron chi connectivity index (χ1n) is 6.75. The van der Waals surface area contributed by atoms with Crippen LogP contribution in [0.15, 0.2) is 30.5 Å². The highest BCUT2D eigenvalue weighted by atomic mass is 16.3. The van der Waals surface area contributed by atoms with Crippen molar-refractivity contribution in [1.82, 2.24) is 10.3 Å². The van der Waals surface area contributed by atoms with Gasteiger partial charge in [0.2, 0.25) is 0 Å². The van der Waals surface area contributed by atoms with Crippen LogP contribution in [0.4, 0.5) is 0 Å². The Bertz CT molecular complexity index is 526. The van der Waals surface area contributed by atoms with Gasteiger partial charge < -0.3 is 15.4 Å². The van der Waals surface area contributed by atoms with Gasteiger partial charge in [0.1, 0.15) is 0 Å². The minimum atomic E-state index is -0.466. The van der Waals surface area contributed by atoms with E-state index in [-0.39, 0.29) is 0 Å². The van der Waals surface area contributed by atoms with Crippen LogP contribution in [0.25, 0.3) is 10.9 Å². The molecule has 0 aliphatic heterocycles. The van der Waals surface area contributed by atoms with E-state index in [1.165, 1.54) is 16.5 Å². The van der Waals surface area contributed by atoms with Crippen LogP contribution in [0.2, 0.25) is 0 Å². The molecule has 0 bridgehead atoms. The molecule has 3 nitrogen and oxygen atoms in total. The number of aromatic amines is 1. The van der Waals surface area contributed by atoms with Crippen LogP contribution in [-0.4, -0.2) is 22.2 Å². The molecule has 1 aromatic heterocycles. The summed E-state index contributed by atoms with van der Waals surface area (Å²) in [6.07, 6.45) is 6.24. The average Bonchev–Trinajstić information content (AvgIpc) is 2.97. The third-order valence-electron chi connectivity index (χ3n) is 3.98.